The normalized spacial score (nSPS) is 14.5. The van der Waals surface area contributed by atoms with E-state index in [1.165, 1.54) is 12.1 Å². The van der Waals surface area contributed by atoms with Crippen molar-refractivity contribution >= 4 is 5.69 Å². The highest BCUT2D eigenvalue weighted by atomic mass is 19.1. The zero-order valence-corrected chi connectivity index (χ0v) is 10.1. The van der Waals surface area contributed by atoms with E-state index >= 15 is 0 Å². The summed E-state index contributed by atoms with van der Waals surface area (Å²) in [7, 11) is 0. The first kappa shape index (κ1) is 13.0. The summed E-state index contributed by atoms with van der Waals surface area (Å²) in [5.74, 6) is -0.212. The summed E-state index contributed by atoms with van der Waals surface area (Å²) in [6, 6.07) is 6.44. The van der Waals surface area contributed by atoms with Crippen molar-refractivity contribution in [2.24, 2.45) is 5.73 Å². The summed E-state index contributed by atoms with van der Waals surface area (Å²) in [5.41, 5.74) is 6.72. The molecule has 16 heavy (non-hydrogen) atoms. The maximum absolute atomic E-state index is 12.8. The molecule has 3 heteroatoms. The maximum Gasteiger partial charge on any atom is 0.123 e. The van der Waals surface area contributed by atoms with E-state index < -0.39 is 0 Å². The monoisotopic (exact) mass is 224 g/mol. The number of hydrogen-bond donors (Lipinski definition) is 2. The van der Waals surface area contributed by atoms with E-state index in [9.17, 15) is 4.39 Å². The van der Waals surface area contributed by atoms with Gasteiger partial charge in [-0.05, 0) is 37.1 Å². The van der Waals surface area contributed by atoms with Crippen LogP contribution < -0.4 is 11.1 Å². The van der Waals surface area contributed by atoms with Crippen molar-refractivity contribution in [1.82, 2.24) is 0 Å². The smallest absolute Gasteiger partial charge is 0.123 e. The second kappa shape index (κ2) is 5.85. The summed E-state index contributed by atoms with van der Waals surface area (Å²) < 4.78 is 12.8. The number of anilines is 1. The molecule has 0 radical (unpaired) electrons. The lowest BCUT2D eigenvalue weighted by Crippen LogP contribution is -2.44. The Bertz CT molecular complexity index is 304. The largest absolute Gasteiger partial charge is 0.378 e. The van der Waals surface area contributed by atoms with Crippen LogP contribution in [0.1, 0.15) is 33.1 Å². The minimum atomic E-state index is -0.212. The molecule has 0 aliphatic carbocycles. The number of hydrogen-bond acceptors (Lipinski definition) is 2. The van der Waals surface area contributed by atoms with Gasteiger partial charge < -0.3 is 11.1 Å². The van der Waals surface area contributed by atoms with Gasteiger partial charge in [0.05, 0.1) is 0 Å². The molecule has 0 spiro atoms. The van der Waals surface area contributed by atoms with Crippen molar-refractivity contribution in [2.75, 3.05) is 11.9 Å². The van der Waals surface area contributed by atoms with Gasteiger partial charge in [0.15, 0.2) is 0 Å². The number of halogens is 1. The van der Waals surface area contributed by atoms with E-state index in [2.05, 4.69) is 19.2 Å². The standard InChI is InChI=1S/C13H21FN2/c1-3-9-13(4-2,10-15)16-12-7-5-11(14)6-8-12/h5-8,16H,3-4,9-10,15H2,1-2H3. The first-order valence-electron chi connectivity index (χ1n) is 5.89. The Morgan fingerprint density at radius 3 is 2.31 bits per heavy atom. The predicted molar refractivity (Wildman–Crippen MR) is 67.0 cm³/mol. The number of benzene rings is 1. The Balaban J connectivity index is 2.78. The van der Waals surface area contributed by atoms with E-state index in [1.54, 1.807) is 12.1 Å². The molecule has 1 unspecified atom stereocenters. The van der Waals surface area contributed by atoms with Crippen LogP contribution in [-0.2, 0) is 0 Å². The molecule has 0 saturated carbocycles. The van der Waals surface area contributed by atoms with Gasteiger partial charge in [0, 0.05) is 17.8 Å². The molecule has 0 aliphatic heterocycles. The Kier molecular flexibility index (Phi) is 4.74. The number of nitrogens with one attached hydrogen (secondary N) is 1. The summed E-state index contributed by atoms with van der Waals surface area (Å²) >= 11 is 0. The van der Waals surface area contributed by atoms with Gasteiger partial charge in [-0.1, -0.05) is 20.3 Å². The van der Waals surface area contributed by atoms with Crippen LogP contribution >= 0.6 is 0 Å². The van der Waals surface area contributed by atoms with E-state index in [0.29, 0.717) is 6.54 Å². The molecule has 1 aromatic rings. The molecule has 1 rings (SSSR count). The average molecular weight is 224 g/mol. The summed E-state index contributed by atoms with van der Waals surface area (Å²) in [4.78, 5) is 0. The topological polar surface area (TPSA) is 38.0 Å². The third kappa shape index (κ3) is 3.20. The highest BCUT2D eigenvalue weighted by Crippen LogP contribution is 2.23. The Morgan fingerprint density at radius 1 is 1.25 bits per heavy atom. The molecule has 3 N–H and O–H groups in total. The van der Waals surface area contributed by atoms with Crippen molar-refractivity contribution in [2.45, 2.75) is 38.6 Å². The van der Waals surface area contributed by atoms with E-state index in [-0.39, 0.29) is 11.4 Å². The molecule has 0 aliphatic rings. The molecule has 0 fully saturated rings. The van der Waals surface area contributed by atoms with Gasteiger partial charge in [-0.2, -0.15) is 0 Å². The quantitative estimate of drug-likeness (QED) is 0.779. The lowest BCUT2D eigenvalue weighted by atomic mass is 9.90. The van der Waals surface area contributed by atoms with Crippen LogP contribution in [0.25, 0.3) is 0 Å². The minimum Gasteiger partial charge on any atom is -0.378 e. The fraction of sp³-hybridized carbons (Fsp3) is 0.538. The van der Waals surface area contributed by atoms with Gasteiger partial charge in [0.25, 0.3) is 0 Å². The summed E-state index contributed by atoms with van der Waals surface area (Å²) in [6.07, 6.45) is 3.07. The van der Waals surface area contributed by atoms with Crippen LogP contribution in [0.15, 0.2) is 24.3 Å². The average Bonchev–Trinajstić information content (AvgIpc) is 2.31. The fourth-order valence-electron chi connectivity index (χ4n) is 1.94. The molecule has 0 heterocycles. The van der Waals surface area contributed by atoms with Crippen LogP contribution in [0.4, 0.5) is 10.1 Å². The van der Waals surface area contributed by atoms with Crippen LogP contribution in [-0.4, -0.2) is 12.1 Å². The molecule has 0 saturated heterocycles. The molecular formula is C13H21FN2. The Morgan fingerprint density at radius 2 is 1.88 bits per heavy atom. The van der Waals surface area contributed by atoms with Gasteiger partial charge in [0.2, 0.25) is 0 Å². The third-order valence-electron chi connectivity index (χ3n) is 3.05. The Hall–Kier alpha value is -1.09. The summed E-state index contributed by atoms with van der Waals surface area (Å²) in [5, 5.41) is 3.43. The molecule has 1 aromatic carbocycles. The van der Waals surface area contributed by atoms with Crippen LogP contribution in [0, 0.1) is 5.82 Å². The molecule has 1 atom stereocenters. The molecule has 90 valence electrons. The van der Waals surface area contributed by atoms with Crippen molar-refractivity contribution in [1.29, 1.82) is 0 Å². The van der Waals surface area contributed by atoms with Crippen LogP contribution in [0.5, 0.6) is 0 Å². The molecule has 0 amide bonds. The Labute approximate surface area is 97.0 Å². The van der Waals surface area contributed by atoms with E-state index in [4.69, 9.17) is 5.73 Å². The van der Waals surface area contributed by atoms with Crippen molar-refractivity contribution < 1.29 is 4.39 Å². The zero-order valence-electron chi connectivity index (χ0n) is 10.1. The van der Waals surface area contributed by atoms with E-state index in [0.717, 1.165) is 24.9 Å². The molecule has 0 aromatic heterocycles. The second-order valence-corrected chi connectivity index (χ2v) is 4.22. The van der Waals surface area contributed by atoms with Gasteiger partial charge >= 0.3 is 0 Å². The second-order valence-electron chi connectivity index (χ2n) is 4.22. The van der Waals surface area contributed by atoms with Crippen LogP contribution in [0.2, 0.25) is 0 Å². The predicted octanol–water partition coefficient (Wildman–Crippen LogP) is 3.15. The SMILES string of the molecule is CCCC(CC)(CN)Nc1ccc(F)cc1. The third-order valence-corrected chi connectivity index (χ3v) is 3.05. The molecule has 2 nitrogen and oxygen atoms in total. The maximum atomic E-state index is 12.8. The van der Waals surface area contributed by atoms with Crippen LogP contribution in [0.3, 0.4) is 0 Å². The lowest BCUT2D eigenvalue weighted by Gasteiger charge is -2.33. The lowest BCUT2D eigenvalue weighted by molar-refractivity contribution is 0.422. The summed E-state index contributed by atoms with van der Waals surface area (Å²) in [6.45, 7) is 4.86. The van der Waals surface area contributed by atoms with Crippen molar-refractivity contribution in [3.05, 3.63) is 30.1 Å². The fourth-order valence-corrected chi connectivity index (χ4v) is 1.94. The minimum absolute atomic E-state index is 0.0629. The van der Waals surface area contributed by atoms with E-state index in [1.807, 2.05) is 0 Å². The highest BCUT2D eigenvalue weighted by molar-refractivity contribution is 5.45. The highest BCUT2D eigenvalue weighted by Gasteiger charge is 2.24. The molecular weight excluding hydrogens is 203 g/mol. The van der Waals surface area contributed by atoms with Gasteiger partial charge in [-0.3, -0.25) is 0 Å². The first-order valence-corrected chi connectivity index (χ1v) is 5.89. The first-order chi connectivity index (χ1) is 7.65. The van der Waals surface area contributed by atoms with Gasteiger partial charge in [-0.15, -0.1) is 0 Å². The van der Waals surface area contributed by atoms with Gasteiger partial charge in [0.1, 0.15) is 5.82 Å². The zero-order chi connectivity index (χ0) is 12.0. The van der Waals surface area contributed by atoms with Crippen molar-refractivity contribution in [3.8, 4) is 0 Å². The number of nitrogens with two attached hydrogens (primary N) is 1. The van der Waals surface area contributed by atoms with Gasteiger partial charge in [-0.25, -0.2) is 4.39 Å². The van der Waals surface area contributed by atoms with Crippen molar-refractivity contribution in [3.63, 3.8) is 0 Å². The number of rotatable bonds is 6. The molecule has 0 bridgehead atoms.